The number of Topliss-reactive ketones (excluding diaryl/α,β-unsaturated/α-hetero) is 2. The van der Waals surface area contributed by atoms with E-state index in [0.29, 0.717) is 5.56 Å². The second-order valence-corrected chi connectivity index (χ2v) is 4.80. The highest BCUT2D eigenvalue weighted by Crippen LogP contribution is 2.12. The summed E-state index contributed by atoms with van der Waals surface area (Å²) < 4.78 is 5.23. The van der Waals surface area contributed by atoms with Crippen LogP contribution >= 0.6 is 15.9 Å². The highest BCUT2D eigenvalue weighted by Gasteiger charge is 2.19. The third kappa shape index (κ3) is 4.57. The van der Waals surface area contributed by atoms with Gasteiger partial charge in [0.2, 0.25) is 11.6 Å². The van der Waals surface area contributed by atoms with Crippen LogP contribution in [0, 0.1) is 0 Å². The number of carbonyl (C=O) groups is 3. The van der Waals surface area contributed by atoms with Gasteiger partial charge in [0.05, 0.1) is 13.7 Å². The molecule has 1 aromatic carbocycles. The zero-order valence-corrected chi connectivity index (χ0v) is 12.2. The third-order valence-electron chi connectivity index (χ3n) is 2.46. The maximum atomic E-state index is 11.8. The van der Waals surface area contributed by atoms with E-state index in [9.17, 15) is 14.4 Å². The molecule has 1 N–H and O–H groups in total. The molecule has 1 atom stereocenters. The topological polar surface area (TPSA) is 72.5 Å². The van der Waals surface area contributed by atoms with E-state index in [1.807, 2.05) is 0 Å². The van der Waals surface area contributed by atoms with Crippen LogP contribution < -0.4 is 5.32 Å². The van der Waals surface area contributed by atoms with Gasteiger partial charge in [-0.2, -0.15) is 0 Å². The van der Waals surface area contributed by atoms with Gasteiger partial charge in [0.15, 0.2) is 0 Å². The first kappa shape index (κ1) is 15.5. The van der Waals surface area contributed by atoms with Crippen molar-refractivity contribution in [3.63, 3.8) is 0 Å². The molecule has 0 spiro atoms. The first-order chi connectivity index (χ1) is 8.95. The fourth-order valence-corrected chi connectivity index (χ4v) is 1.78. The molecule has 0 bridgehead atoms. The molecular formula is C13H14BrNO4. The number of nitrogens with one attached hydrogen (secondary N) is 1. The quantitative estimate of drug-likeness (QED) is 0.485. The SMILES string of the molecule is COC(=O)[C@H](C)NCC(=O)C(=O)c1cccc(Br)c1. The van der Waals surface area contributed by atoms with E-state index in [1.54, 1.807) is 31.2 Å². The standard InChI is InChI=1S/C13H14BrNO4/c1-8(13(18)19-2)15-7-11(16)12(17)9-4-3-5-10(14)6-9/h3-6,8,15H,7H2,1-2H3/t8-/m0/s1. The minimum absolute atomic E-state index is 0.207. The van der Waals surface area contributed by atoms with Crippen molar-refractivity contribution in [2.45, 2.75) is 13.0 Å². The van der Waals surface area contributed by atoms with Crippen molar-refractivity contribution in [2.75, 3.05) is 13.7 Å². The number of hydrogen-bond donors (Lipinski definition) is 1. The third-order valence-corrected chi connectivity index (χ3v) is 2.96. The van der Waals surface area contributed by atoms with Gasteiger partial charge >= 0.3 is 5.97 Å². The number of ketones is 2. The van der Waals surface area contributed by atoms with E-state index in [1.165, 1.54) is 7.11 Å². The maximum Gasteiger partial charge on any atom is 0.322 e. The minimum atomic E-state index is -0.635. The normalized spacial score (nSPS) is 11.7. The summed E-state index contributed by atoms with van der Waals surface area (Å²) in [7, 11) is 1.26. The average Bonchev–Trinajstić information content (AvgIpc) is 2.42. The molecular weight excluding hydrogens is 314 g/mol. The van der Waals surface area contributed by atoms with Crippen LogP contribution in [-0.2, 0) is 14.3 Å². The number of carbonyl (C=O) groups excluding carboxylic acids is 3. The molecule has 0 heterocycles. The van der Waals surface area contributed by atoms with Crippen molar-refractivity contribution in [3.8, 4) is 0 Å². The van der Waals surface area contributed by atoms with Gasteiger partial charge in [-0.25, -0.2) is 0 Å². The second kappa shape index (κ2) is 7.16. The lowest BCUT2D eigenvalue weighted by Gasteiger charge is -2.10. The number of esters is 1. The van der Waals surface area contributed by atoms with Crippen molar-refractivity contribution in [2.24, 2.45) is 0 Å². The van der Waals surface area contributed by atoms with Crippen molar-refractivity contribution in [3.05, 3.63) is 34.3 Å². The Kier molecular flexibility index (Phi) is 5.85. The largest absolute Gasteiger partial charge is 0.468 e. The monoisotopic (exact) mass is 327 g/mol. The van der Waals surface area contributed by atoms with Gasteiger partial charge in [0.1, 0.15) is 6.04 Å². The van der Waals surface area contributed by atoms with Gasteiger partial charge in [0, 0.05) is 10.0 Å². The zero-order chi connectivity index (χ0) is 14.4. The molecule has 19 heavy (non-hydrogen) atoms. The minimum Gasteiger partial charge on any atom is -0.468 e. The highest BCUT2D eigenvalue weighted by atomic mass is 79.9. The van der Waals surface area contributed by atoms with Gasteiger partial charge in [-0.15, -0.1) is 0 Å². The van der Waals surface area contributed by atoms with Crippen LogP contribution in [0.25, 0.3) is 0 Å². The Morgan fingerprint density at radius 2 is 2.05 bits per heavy atom. The van der Waals surface area contributed by atoms with Crippen LogP contribution in [0.4, 0.5) is 0 Å². The van der Waals surface area contributed by atoms with Gasteiger partial charge in [0.25, 0.3) is 0 Å². The van der Waals surface area contributed by atoms with Crippen LogP contribution in [0.3, 0.4) is 0 Å². The lowest BCUT2D eigenvalue weighted by Crippen LogP contribution is -2.39. The molecule has 0 aliphatic heterocycles. The van der Waals surface area contributed by atoms with Crippen molar-refractivity contribution >= 4 is 33.5 Å². The lowest BCUT2D eigenvalue weighted by molar-refractivity contribution is -0.142. The molecule has 1 rings (SSSR count). The molecule has 6 heteroatoms. The lowest BCUT2D eigenvalue weighted by atomic mass is 10.1. The molecule has 0 aliphatic carbocycles. The maximum absolute atomic E-state index is 11.8. The molecule has 0 saturated carbocycles. The van der Waals surface area contributed by atoms with Crippen LogP contribution in [-0.4, -0.2) is 37.2 Å². The van der Waals surface area contributed by atoms with E-state index in [4.69, 9.17) is 0 Å². The number of benzene rings is 1. The Morgan fingerprint density at radius 1 is 1.37 bits per heavy atom. The fraction of sp³-hybridized carbons (Fsp3) is 0.308. The summed E-state index contributed by atoms with van der Waals surface area (Å²) in [6.07, 6.45) is 0. The summed E-state index contributed by atoms with van der Waals surface area (Å²) in [5.41, 5.74) is 0.312. The molecule has 0 aliphatic rings. The molecule has 0 fully saturated rings. The molecule has 0 saturated heterocycles. The van der Waals surface area contributed by atoms with Gasteiger partial charge in [-0.1, -0.05) is 28.1 Å². The first-order valence-electron chi connectivity index (χ1n) is 5.60. The summed E-state index contributed by atoms with van der Waals surface area (Å²) >= 11 is 3.23. The Morgan fingerprint density at radius 3 is 2.63 bits per heavy atom. The molecule has 0 unspecified atom stereocenters. The molecule has 0 radical (unpaired) electrons. The average molecular weight is 328 g/mol. The van der Waals surface area contributed by atoms with Gasteiger partial charge < -0.3 is 4.74 Å². The van der Waals surface area contributed by atoms with Crippen LogP contribution in [0.1, 0.15) is 17.3 Å². The van der Waals surface area contributed by atoms with E-state index in [-0.39, 0.29) is 6.54 Å². The second-order valence-electron chi connectivity index (χ2n) is 3.89. The van der Waals surface area contributed by atoms with E-state index in [0.717, 1.165) is 4.47 Å². The summed E-state index contributed by atoms with van der Waals surface area (Å²) in [4.78, 5) is 34.6. The molecule has 102 valence electrons. The first-order valence-corrected chi connectivity index (χ1v) is 6.39. The Bertz CT molecular complexity index is 501. The zero-order valence-electron chi connectivity index (χ0n) is 10.6. The number of hydrogen-bond acceptors (Lipinski definition) is 5. The number of rotatable bonds is 6. The number of halogens is 1. The van der Waals surface area contributed by atoms with E-state index >= 15 is 0 Å². The molecule has 1 aromatic rings. The van der Waals surface area contributed by atoms with E-state index in [2.05, 4.69) is 26.0 Å². The number of ether oxygens (including phenoxy) is 1. The Hall–Kier alpha value is -1.53. The smallest absolute Gasteiger partial charge is 0.322 e. The summed E-state index contributed by atoms with van der Waals surface area (Å²) in [5, 5.41) is 2.64. The molecule has 0 amide bonds. The van der Waals surface area contributed by atoms with Gasteiger partial charge in [-0.3, -0.25) is 19.7 Å². The van der Waals surface area contributed by atoms with Crippen LogP contribution in [0.5, 0.6) is 0 Å². The van der Waals surface area contributed by atoms with Crippen LogP contribution in [0.2, 0.25) is 0 Å². The molecule has 0 aromatic heterocycles. The summed E-state index contributed by atoms with van der Waals surface area (Å²) in [6, 6.07) is 5.94. The highest BCUT2D eigenvalue weighted by molar-refractivity contribution is 9.10. The van der Waals surface area contributed by atoms with Crippen molar-refractivity contribution in [1.29, 1.82) is 0 Å². The van der Waals surface area contributed by atoms with Crippen molar-refractivity contribution in [1.82, 2.24) is 5.32 Å². The predicted molar refractivity (Wildman–Crippen MR) is 73.0 cm³/mol. The van der Waals surface area contributed by atoms with Crippen LogP contribution in [0.15, 0.2) is 28.7 Å². The fourth-order valence-electron chi connectivity index (χ4n) is 1.38. The van der Waals surface area contributed by atoms with Crippen molar-refractivity contribution < 1.29 is 19.1 Å². The summed E-state index contributed by atoms with van der Waals surface area (Å²) in [6.45, 7) is 1.35. The summed E-state index contributed by atoms with van der Waals surface area (Å²) in [5.74, 6) is -1.68. The number of methoxy groups -OCH3 is 1. The Labute approximate surface area is 119 Å². The molecule has 5 nitrogen and oxygen atoms in total. The predicted octanol–water partition coefficient (Wildman–Crippen LogP) is 1.35. The van der Waals surface area contributed by atoms with E-state index < -0.39 is 23.6 Å². The Balaban J connectivity index is 2.59. The van der Waals surface area contributed by atoms with Gasteiger partial charge in [-0.05, 0) is 19.1 Å².